The molecule has 100 valence electrons. The molecule has 0 bridgehead atoms. The predicted octanol–water partition coefficient (Wildman–Crippen LogP) is 2.08. The molecule has 1 rings (SSSR count). The van der Waals surface area contributed by atoms with Crippen LogP contribution in [0.4, 0.5) is 0 Å². The molecule has 0 heterocycles. The smallest absolute Gasteiger partial charge is 0.313 e. The van der Waals surface area contributed by atoms with E-state index < -0.39 is 5.92 Å². The molecule has 1 aromatic carbocycles. The summed E-state index contributed by atoms with van der Waals surface area (Å²) in [6.45, 7) is 3.81. The van der Waals surface area contributed by atoms with Gasteiger partial charge in [-0.2, -0.15) is 0 Å². The summed E-state index contributed by atoms with van der Waals surface area (Å²) in [5, 5.41) is 9.77. The third-order valence-corrected chi connectivity index (χ3v) is 2.64. The highest BCUT2D eigenvalue weighted by Gasteiger charge is 2.20. The molecule has 0 saturated carbocycles. The van der Waals surface area contributed by atoms with Crippen molar-refractivity contribution in [3.8, 4) is 17.2 Å². The number of hydrogen-bond acceptors (Lipinski definition) is 5. The van der Waals surface area contributed by atoms with Crippen LogP contribution < -0.4 is 9.47 Å². The largest absolute Gasteiger partial charge is 0.502 e. The quantitative estimate of drug-likeness (QED) is 0.815. The van der Waals surface area contributed by atoms with Gasteiger partial charge in [0.15, 0.2) is 11.5 Å². The zero-order valence-corrected chi connectivity index (χ0v) is 11.0. The molecule has 0 amide bonds. The summed E-state index contributed by atoms with van der Waals surface area (Å²) in [5.41, 5.74) is 0.667. The molecular weight excluding hydrogens is 236 g/mol. The third kappa shape index (κ3) is 2.85. The standard InChI is InChI=1S/C13H18O5/c1-5-18-13(15)8(2)9-6-10(16-3)12(14)11(7-9)17-4/h6-8,14H,5H2,1-4H3. The molecule has 18 heavy (non-hydrogen) atoms. The van der Waals surface area contributed by atoms with Crippen LogP contribution in [0.1, 0.15) is 25.3 Å². The van der Waals surface area contributed by atoms with Crippen molar-refractivity contribution in [2.24, 2.45) is 0 Å². The van der Waals surface area contributed by atoms with Crippen molar-refractivity contribution < 1.29 is 24.1 Å². The lowest BCUT2D eigenvalue weighted by molar-refractivity contribution is -0.144. The maximum Gasteiger partial charge on any atom is 0.313 e. The van der Waals surface area contributed by atoms with Gasteiger partial charge in [0.05, 0.1) is 26.7 Å². The van der Waals surface area contributed by atoms with E-state index >= 15 is 0 Å². The van der Waals surface area contributed by atoms with Gasteiger partial charge in [-0.1, -0.05) is 0 Å². The predicted molar refractivity (Wildman–Crippen MR) is 66.3 cm³/mol. The number of carbonyl (C=O) groups is 1. The fourth-order valence-corrected chi connectivity index (χ4v) is 1.57. The summed E-state index contributed by atoms with van der Waals surface area (Å²) in [7, 11) is 2.88. The number of methoxy groups -OCH3 is 2. The Kier molecular flexibility index (Phi) is 4.83. The second-order valence-corrected chi connectivity index (χ2v) is 3.75. The zero-order chi connectivity index (χ0) is 13.7. The maximum absolute atomic E-state index is 11.7. The molecule has 5 heteroatoms. The Hall–Kier alpha value is -1.91. The zero-order valence-electron chi connectivity index (χ0n) is 11.0. The first kappa shape index (κ1) is 14.2. The number of rotatable bonds is 5. The van der Waals surface area contributed by atoms with Gasteiger partial charge in [-0.3, -0.25) is 4.79 Å². The number of hydrogen-bond donors (Lipinski definition) is 1. The van der Waals surface area contributed by atoms with E-state index in [9.17, 15) is 9.90 Å². The fraction of sp³-hybridized carbons (Fsp3) is 0.462. The number of aromatic hydroxyl groups is 1. The van der Waals surface area contributed by atoms with Crippen molar-refractivity contribution >= 4 is 5.97 Å². The molecular formula is C13H18O5. The Morgan fingerprint density at radius 3 is 2.17 bits per heavy atom. The third-order valence-electron chi connectivity index (χ3n) is 2.64. The van der Waals surface area contributed by atoms with E-state index in [1.54, 1.807) is 26.0 Å². The van der Waals surface area contributed by atoms with Gasteiger partial charge in [0.1, 0.15) is 0 Å². The minimum atomic E-state index is -0.451. The Balaban J connectivity index is 3.13. The Morgan fingerprint density at radius 2 is 1.78 bits per heavy atom. The van der Waals surface area contributed by atoms with E-state index in [1.807, 2.05) is 0 Å². The van der Waals surface area contributed by atoms with E-state index in [-0.39, 0.29) is 23.2 Å². The summed E-state index contributed by atoms with van der Waals surface area (Å²) in [5.74, 6) is -0.332. The average molecular weight is 254 g/mol. The molecule has 0 spiro atoms. The first-order valence-corrected chi connectivity index (χ1v) is 5.66. The van der Waals surface area contributed by atoms with Gasteiger partial charge in [-0.25, -0.2) is 0 Å². The minimum absolute atomic E-state index is 0.0835. The van der Waals surface area contributed by atoms with Crippen molar-refractivity contribution in [3.63, 3.8) is 0 Å². The van der Waals surface area contributed by atoms with Crippen LogP contribution in [0.2, 0.25) is 0 Å². The van der Waals surface area contributed by atoms with Crippen LogP contribution in [-0.4, -0.2) is 31.9 Å². The van der Waals surface area contributed by atoms with Crippen LogP contribution in [0.15, 0.2) is 12.1 Å². The van der Waals surface area contributed by atoms with Crippen LogP contribution in [0.25, 0.3) is 0 Å². The highest BCUT2D eigenvalue weighted by molar-refractivity contribution is 5.78. The van der Waals surface area contributed by atoms with Crippen LogP contribution in [0, 0.1) is 0 Å². The van der Waals surface area contributed by atoms with Crippen molar-refractivity contribution in [2.45, 2.75) is 19.8 Å². The molecule has 1 unspecified atom stereocenters. The molecule has 0 aliphatic carbocycles. The topological polar surface area (TPSA) is 65.0 Å². The fourth-order valence-electron chi connectivity index (χ4n) is 1.57. The normalized spacial score (nSPS) is 11.8. The SMILES string of the molecule is CCOC(=O)C(C)c1cc(OC)c(O)c(OC)c1. The van der Waals surface area contributed by atoms with Crippen LogP contribution in [0.3, 0.4) is 0 Å². The molecule has 0 aliphatic rings. The van der Waals surface area contributed by atoms with Crippen LogP contribution in [-0.2, 0) is 9.53 Å². The van der Waals surface area contributed by atoms with Gasteiger partial charge >= 0.3 is 5.97 Å². The van der Waals surface area contributed by atoms with Crippen molar-refractivity contribution in [3.05, 3.63) is 17.7 Å². The molecule has 0 aromatic heterocycles. The maximum atomic E-state index is 11.7. The highest BCUT2D eigenvalue weighted by atomic mass is 16.5. The second kappa shape index (κ2) is 6.14. The van der Waals surface area contributed by atoms with Gasteiger partial charge in [-0.15, -0.1) is 0 Å². The van der Waals surface area contributed by atoms with Crippen molar-refractivity contribution in [2.75, 3.05) is 20.8 Å². The molecule has 1 N–H and O–H groups in total. The summed E-state index contributed by atoms with van der Waals surface area (Å²) >= 11 is 0. The minimum Gasteiger partial charge on any atom is -0.502 e. The Morgan fingerprint density at radius 1 is 1.28 bits per heavy atom. The second-order valence-electron chi connectivity index (χ2n) is 3.75. The summed E-state index contributed by atoms with van der Waals surface area (Å²) in [6, 6.07) is 3.19. The first-order chi connectivity index (χ1) is 8.54. The van der Waals surface area contributed by atoms with Crippen LogP contribution >= 0.6 is 0 Å². The lowest BCUT2D eigenvalue weighted by Crippen LogP contribution is -2.13. The van der Waals surface area contributed by atoms with Crippen molar-refractivity contribution in [1.29, 1.82) is 0 Å². The van der Waals surface area contributed by atoms with E-state index in [0.29, 0.717) is 12.2 Å². The molecule has 5 nitrogen and oxygen atoms in total. The molecule has 0 fully saturated rings. The number of benzene rings is 1. The molecule has 1 atom stereocenters. The van der Waals surface area contributed by atoms with E-state index in [0.717, 1.165) is 0 Å². The van der Waals surface area contributed by atoms with E-state index in [2.05, 4.69) is 0 Å². The molecule has 0 saturated heterocycles. The lowest BCUT2D eigenvalue weighted by atomic mass is 10.0. The Labute approximate surface area is 106 Å². The van der Waals surface area contributed by atoms with Gasteiger partial charge in [0, 0.05) is 0 Å². The first-order valence-electron chi connectivity index (χ1n) is 5.66. The summed E-state index contributed by atoms with van der Waals surface area (Å²) in [6.07, 6.45) is 0. The van der Waals surface area contributed by atoms with E-state index in [4.69, 9.17) is 14.2 Å². The van der Waals surface area contributed by atoms with Crippen LogP contribution in [0.5, 0.6) is 17.2 Å². The number of esters is 1. The number of phenols is 1. The summed E-state index contributed by atoms with van der Waals surface area (Å²) < 4.78 is 15.0. The number of ether oxygens (including phenoxy) is 3. The number of carbonyl (C=O) groups excluding carboxylic acids is 1. The monoisotopic (exact) mass is 254 g/mol. The van der Waals surface area contributed by atoms with Crippen molar-refractivity contribution in [1.82, 2.24) is 0 Å². The molecule has 0 radical (unpaired) electrons. The Bertz CT molecular complexity index is 402. The van der Waals surface area contributed by atoms with Gasteiger partial charge in [0.2, 0.25) is 5.75 Å². The van der Waals surface area contributed by atoms with Gasteiger partial charge in [-0.05, 0) is 31.5 Å². The average Bonchev–Trinajstić information content (AvgIpc) is 2.38. The lowest BCUT2D eigenvalue weighted by Gasteiger charge is -2.15. The van der Waals surface area contributed by atoms with Gasteiger partial charge < -0.3 is 19.3 Å². The molecule has 1 aromatic rings. The summed E-state index contributed by atoms with van der Waals surface area (Å²) in [4.78, 5) is 11.7. The molecule has 0 aliphatic heterocycles. The van der Waals surface area contributed by atoms with E-state index in [1.165, 1.54) is 14.2 Å². The number of phenolic OH excluding ortho intramolecular Hbond substituents is 1. The van der Waals surface area contributed by atoms with Gasteiger partial charge in [0.25, 0.3) is 0 Å². The highest BCUT2D eigenvalue weighted by Crippen LogP contribution is 2.39.